The second kappa shape index (κ2) is 10.2. The Balaban J connectivity index is 1.71. The van der Waals surface area contributed by atoms with Crippen LogP contribution in [0.5, 0.6) is 0 Å². The molecule has 0 bridgehead atoms. The fourth-order valence-electron chi connectivity index (χ4n) is 4.24. The Bertz CT molecular complexity index is 1540. The smallest absolute Gasteiger partial charge is 0.369 e. The number of pyridine rings is 1. The van der Waals surface area contributed by atoms with Gasteiger partial charge in [-0.3, -0.25) is 9.10 Å². The van der Waals surface area contributed by atoms with E-state index in [0.29, 0.717) is 16.5 Å². The molecule has 0 aliphatic rings. The number of nitrogens with two attached hydrogens (primary N) is 1. The molecule has 0 saturated heterocycles. The van der Waals surface area contributed by atoms with Crippen LogP contribution in [0.25, 0.3) is 22.2 Å². The number of alkyl halides is 3. The number of benzene rings is 2. The van der Waals surface area contributed by atoms with Crippen molar-refractivity contribution >= 4 is 33.4 Å². The molecule has 1 atom stereocenters. The standard InChI is InChI=1S/C25H22F4N4O3S/c1-33(37(35)36)21-9-6-15(13-19(21)26)16(24(30)34)8-5-14-7-10-22(25(27,28)29)32-23(14)18-3-2-4-20-17(18)11-12-31-20/h2-4,6-7,9-13,16,31,37H,5,8H2,1H3,(H2,30,34). The van der Waals surface area contributed by atoms with Crippen molar-refractivity contribution in [2.75, 3.05) is 11.4 Å². The van der Waals surface area contributed by atoms with Crippen LogP contribution in [0.4, 0.5) is 23.2 Å². The van der Waals surface area contributed by atoms with E-state index >= 15 is 0 Å². The number of rotatable bonds is 8. The Hall–Kier alpha value is -3.93. The fraction of sp³-hybridized carbons (Fsp3) is 0.200. The molecule has 0 aliphatic heterocycles. The predicted molar refractivity (Wildman–Crippen MR) is 132 cm³/mol. The molecule has 194 valence electrons. The van der Waals surface area contributed by atoms with Crippen LogP contribution in [0.2, 0.25) is 0 Å². The molecule has 37 heavy (non-hydrogen) atoms. The molecular weight excluding hydrogens is 512 g/mol. The van der Waals surface area contributed by atoms with Crippen molar-refractivity contribution in [2.45, 2.75) is 24.9 Å². The van der Waals surface area contributed by atoms with E-state index < -0.39 is 40.4 Å². The molecule has 0 saturated carbocycles. The van der Waals surface area contributed by atoms with Gasteiger partial charge in [-0.25, -0.2) is 17.8 Å². The van der Waals surface area contributed by atoms with Gasteiger partial charge in [-0.1, -0.05) is 24.3 Å². The second-order valence-corrected chi connectivity index (χ2v) is 9.49. The number of H-pyrrole nitrogens is 1. The van der Waals surface area contributed by atoms with E-state index in [1.807, 2.05) is 0 Å². The number of nitrogens with zero attached hydrogens (tertiary/aromatic N) is 2. The van der Waals surface area contributed by atoms with Crippen LogP contribution >= 0.6 is 0 Å². The van der Waals surface area contributed by atoms with Crippen LogP contribution in [0.15, 0.2) is 60.8 Å². The average molecular weight is 535 g/mol. The van der Waals surface area contributed by atoms with Crippen molar-refractivity contribution in [2.24, 2.45) is 5.73 Å². The minimum absolute atomic E-state index is 0.0585. The molecule has 0 spiro atoms. The van der Waals surface area contributed by atoms with Gasteiger partial charge in [0, 0.05) is 29.7 Å². The lowest BCUT2D eigenvalue weighted by Gasteiger charge is -2.18. The largest absolute Gasteiger partial charge is 0.433 e. The average Bonchev–Trinajstić information content (AvgIpc) is 3.32. The number of nitrogens with one attached hydrogen (secondary N) is 1. The minimum Gasteiger partial charge on any atom is -0.369 e. The molecule has 0 aliphatic carbocycles. The van der Waals surface area contributed by atoms with Crippen molar-refractivity contribution in [3.05, 3.63) is 83.4 Å². The number of hydrogen-bond donors (Lipinski definition) is 3. The van der Waals surface area contributed by atoms with E-state index in [2.05, 4.69) is 9.97 Å². The number of carbonyl (C=O) groups excluding carboxylic acids is 1. The third kappa shape index (κ3) is 5.43. The summed E-state index contributed by atoms with van der Waals surface area (Å²) in [6, 6.07) is 12.7. The molecule has 2 aromatic heterocycles. The monoisotopic (exact) mass is 534 g/mol. The van der Waals surface area contributed by atoms with Crippen molar-refractivity contribution < 1.29 is 30.8 Å². The number of anilines is 1. The van der Waals surface area contributed by atoms with Crippen molar-refractivity contribution in [1.29, 1.82) is 0 Å². The molecule has 1 amide bonds. The number of aromatic amines is 1. The van der Waals surface area contributed by atoms with E-state index in [1.165, 1.54) is 25.2 Å². The Kier molecular flexibility index (Phi) is 7.21. The van der Waals surface area contributed by atoms with Crippen LogP contribution in [0.1, 0.15) is 29.2 Å². The second-order valence-electron chi connectivity index (χ2n) is 8.41. The van der Waals surface area contributed by atoms with E-state index in [1.54, 1.807) is 30.5 Å². The Labute approximate surface area is 211 Å². The lowest BCUT2D eigenvalue weighted by molar-refractivity contribution is -0.141. The maximum absolute atomic E-state index is 14.6. The van der Waals surface area contributed by atoms with E-state index in [0.717, 1.165) is 22.0 Å². The number of aryl methyl sites for hydroxylation is 1. The highest BCUT2D eigenvalue weighted by Gasteiger charge is 2.33. The topological polar surface area (TPSA) is 109 Å². The third-order valence-corrected chi connectivity index (χ3v) is 6.84. The summed E-state index contributed by atoms with van der Waals surface area (Å²) in [5, 5.41) is 0.681. The van der Waals surface area contributed by atoms with Gasteiger partial charge in [0.25, 0.3) is 0 Å². The van der Waals surface area contributed by atoms with Gasteiger partial charge in [0.1, 0.15) is 11.5 Å². The summed E-state index contributed by atoms with van der Waals surface area (Å²) in [5.41, 5.74) is 6.33. The first-order valence-corrected chi connectivity index (χ1v) is 12.2. The van der Waals surface area contributed by atoms with Crippen LogP contribution in [0, 0.1) is 5.82 Å². The number of primary amides is 1. The number of hydrogen-bond acceptors (Lipinski definition) is 4. The zero-order valence-corrected chi connectivity index (χ0v) is 20.3. The molecule has 12 heteroatoms. The van der Waals surface area contributed by atoms with Gasteiger partial charge in [-0.2, -0.15) is 13.2 Å². The van der Waals surface area contributed by atoms with Gasteiger partial charge in [-0.05, 0) is 54.3 Å². The molecule has 4 rings (SSSR count). The molecule has 2 aromatic carbocycles. The predicted octanol–water partition coefficient (Wildman–Crippen LogP) is 4.55. The molecule has 0 radical (unpaired) electrons. The molecule has 2 heterocycles. The SMILES string of the molecule is CN(c1ccc(C(CCc2ccc(C(F)(F)F)nc2-c2cccc3[nH]ccc23)C(N)=O)cc1F)[SH](=O)=O. The van der Waals surface area contributed by atoms with Crippen LogP contribution in [-0.2, 0) is 28.3 Å². The zero-order chi connectivity index (χ0) is 26.9. The third-order valence-electron chi connectivity index (χ3n) is 6.13. The number of carbonyl (C=O) groups is 1. The molecule has 4 aromatic rings. The highest BCUT2D eigenvalue weighted by molar-refractivity contribution is 7.74. The number of aromatic nitrogens is 2. The number of amides is 1. The Morgan fingerprint density at radius 2 is 1.89 bits per heavy atom. The summed E-state index contributed by atoms with van der Waals surface area (Å²) in [4.78, 5) is 19.2. The van der Waals surface area contributed by atoms with Crippen LogP contribution in [0.3, 0.4) is 0 Å². The molecular formula is C25H22F4N4O3S. The summed E-state index contributed by atoms with van der Waals surface area (Å²) in [7, 11) is -1.88. The van der Waals surface area contributed by atoms with E-state index in [4.69, 9.17) is 5.73 Å². The highest BCUT2D eigenvalue weighted by atomic mass is 32.2. The van der Waals surface area contributed by atoms with Gasteiger partial charge in [0.15, 0.2) is 0 Å². The van der Waals surface area contributed by atoms with E-state index in [9.17, 15) is 30.8 Å². The first-order chi connectivity index (χ1) is 17.5. The molecule has 7 nitrogen and oxygen atoms in total. The molecule has 0 fully saturated rings. The Morgan fingerprint density at radius 3 is 2.54 bits per heavy atom. The first kappa shape index (κ1) is 26.1. The Morgan fingerprint density at radius 1 is 1.14 bits per heavy atom. The van der Waals surface area contributed by atoms with Gasteiger partial charge >= 0.3 is 6.18 Å². The van der Waals surface area contributed by atoms with Crippen molar-refractivity contribution in [3.63, 3.8) is 0 Å². The maximum atomic E-state index is 14.6. The number of fused-ring (bicyclic) bond motifs is 1. The molecule has 1 unspecified atom stereocenters. The van der Waals surface area contributed by atoms with Gasteiger partial charge in [0.2, 0.25) is 16.8 Å². The highest BCUT2D eigenvalue weighted by Crippen LogP contribution is 2.35. The summed E-state index contributed by atoms with van der Waals surface area (Å²) in [5.74, 6) is -2.60. The van der Waals surface area contributed by atoms with Crippen LogP contribution in [-0.4, -0.2) is 31.3 Å². The number of thiol groups is 1. The summed E-state index contributed by atoms with van der Waals surface area (Å²) >= 11 is 0. The van der Waals surface area contributed by atoms with Crippen molar-refractivity contribution in [1.82, 2.24) is 9.97 Å². The van der Waals surface area contributed by atoms with Crippen LogP contribution < -0.4 is 10.0 Å². The first-order valence-electron chi connectivity index (χ1n) is 11.1. The van der Waals surface area contributed by atoms with Gasteiger partial charge < -0.3 is 10.7 Å². The summed E-state index contributed by atoms with van der Waals surface area (Å²) in [6.45, 7) is 0. The lowest BCUT2D eigenvalue weighted by Crippen LogP contribution is -2.23. The fourth-order valence-corrected chi connectivity index (χ4v) is 4.57. The maximum Gasteiger partial charge on any atom is 0.433 e. The summed E-state index contributed by atoms with van der Waals surface area (Å²) in [6.07, 6.45) is -2.81. The number of halogens is 4. The normalized spacial score (nSPS) is 12.7. The zero-order valence-electron chi connectivity index (χ0n) is 19.4. The quantitative estimate of drug-likeness (QED) is 0.228. The lowest BCUT2D eigenvalue weighted by atomic mass is 9.90. The van der Waals surface area contributed by atoms with Gasteiger partial charge in [0.05, 0.1) is 17.3 Å². The van der Waals surface area contributed by atoms with E-state index in [-0.39, 0.29) is 29.8 Å². The molecule has 3 N–H and O–H groups in total. The minimum atomic E-state index is -4.66. The summed E-state index contributed by atoms with van der Waals surface area (Å²) < 4.78 is 78.2. The van der Waals surface area contributed by atoms with Gasteiger partial charge in [-0.15, -0.1) is 0 Å². The van der Waals surface area contributed by atoms with Crippen molar-refractivity contribution in [3.8, 4) is 11.3 Å².